The SMILES string of the molecule is COc1cc(C2C(=C(O)c3ccc(OCc4cccc(C)c4)cc3)C(=O)C(=O)N2Cc2cccnc2)ccc1O. The van der Waals surface area contributed by atoms with Crippen LogP contribution in [0.5, 0.6) is 17.2 Å². The average Bonchev–Trinajstić information content (AvgIpc) is 3.22. The topological polar surface area (TPSA) is 109 Å². The number of methoxy groups -OCH3 is 1. The quantitative estimate of drug-likeness (QED) is 0.179. The lowest BCUT2D eigenvalue weighted by Gasteiger charge is -2.25. The molecule has 202 valence electrons. The van der Waals surface area contributed by atoms with Gasteiger partial charge in [-0.05, 0) is 66.1 Å². The lowest BCUT2D eigenvalue weighted by atomic mass is 9.95. The molecule has 1 aromatic heterocycles. The number of aromatic nitrogens is 1. The van der Waals surface area contributed by atoms with Crippen LogP contribution in [0.3, 0.4) is 0 Å². The van der Waals surface area contributed by atoms with E-state index in [0.717, 1.165) is 16.7 Å². The van der Waals surface area contributed by atoms with E-state index >= 15 is 0 Å². The van der Waals surface area contributed by atoms with Gasteiger partial charge in [0.25, 0.3) is 11.7 Å². The number of pyridine rings is 1. The van der Waals surface area contributed by atoms with Gasteiger partial charge in [0.1, 0.15) is 18.1 Å². The monoisotopic (exact) mass is 536 g/mol. The number of hydrogen-bond donors (Lipinski definition) is 2. The van der Waals surface area contributed by atoms with Crippen LogP contribution in [0, 0.1) is 6.92 Å². The van der Waals surface area contributed by atoms with Gasteiger partial charge in [-0.3, -0.25) is 14.6 Å². The maximum absolute atomic E-state index is 13.3. The summed E-state index contributed by atoms with van der Waals surface area (Å²) in [7, 11) is 1.41. The molecule has 0 radical (unpaired) electrons. The first-order valence-electron chi connectivity index (χ1n) is 12.7. The molecule has 3 aromatic carbocycles. The van der Waals surface area contributed by atoms with Crippen molar-refractivity contribution in [1.29, 1.82) is 0 Å². The second-order valence-electron chi connectivity index (χ2n) is 9.52. The molecule has 5 rings (SSSR count). The van der Waals surface area contributed by atoms with E-state index in [0.29, 0.717) is 23.5 Å². The fraction of sp³-hybridized carbons (Fsp3) is 0.156. The number of aliphatic hydroxyl groups is 1. The number of ether oxygens (including phenoxy) is 2. The zero-order valence-corrected chi connectivity index (χ0v) is 22.1. The van der Waals surface area contributed by atoms with Crippen molar-refractivity contribution in [3.8, 4) is 17.2 Å². The molecule has 8 heteroatoms. The summed E-state index contributed by atoms with van der Waals surface area (Å²) in [6.45, 7) is 2.49. The van der Waals surface area contributed by atoms with Gasteiger partial charge in [-0.1, -0.05) is 42.0 Å². The minimum Gasteiger partial charge on any atom is -0.507 e. The van der Waals surface area contributed by atoms with Crippen LogP contribution in [-0.4, -0.2) is 38.9 Å². The highest BCUT2D eigenvalue weighted by atomic mass is 16.5. The normalized spacial score (nSPS) is 16.2. The second kappa shape index (κ2) is 11.3. The number of hydrogen-bond acceptors (Lipinski definition) is 7. The van der Waals surface area contributed by atoms with Crippen molar-refractivity contribution < 1.29 is 29.3 Å². The fourth-order valence-corrected chi connectivity index (χ4v) is 4.78. The zero-order valence-electron chi connectivity index (χ0n) is 22.1. The lowest BCUT2D eigenvalue weighted by Crippen LogP contribution is -2.29. The minimum absolute atomic E-state index is 0.0601. The number of likely N-dealkylation sites (tertiary alicyclic amines) is 1. The maximum Gasteiger partial charge on any atom is 0.295 e. The number of benzene rings is 3. The molecule has 0 saturated carbocycles. The molecule has 0 spiro atoms. The van der Waals surface area contributed by atoms with E-state index in [1.807, 2.05) is 31.2 Å². The molecule has 2 heterocycles. The molecule has 0 aliphatic carbocycles. The number of phenols is 1. The van der Waals surface area contributed by atoms with Crippen molar-refractivity contribution in [2.24, 2.45) is 0 Å². The van der Waals surface area contributed by atoms with E-state index in [-0.39, 0.29) is 29.4 Å². The number of Topliss-reactive ketones (excluding diaryl/α,β-unsaturated/α-hetero) is 1. The molecule has 40 heavy (non-hydrogen) atoms. The molecule has 1 saturated heterocycles. The van der Waals surface area contributed by atoms with Gasteiger partial charge < -0.3 is 24.6 Å². The number of carbonyl (C=O) groups is 2. The molecule has 1 amide bonds. The Bertz CT molecular complexity index is 1580. The molecule has 2 N–H and O–H groups in total. The van der Waals surface area contributed by atoms with E-state index in [1.54, 1.807) is 60.9 Å². The van der Waals surface area contributed by atoms with Gasteiger partial charge in [-0.25, -0.2) is 0 Å². The van der Waals surface area contributed by atoms with Crippen molar-refractivity contribution in [2.45, 2.75) is 26.1 Å². The van der Waals surface area contributed by atoms with Crippen molar-refractivity contribution in [3.63, 3.8) is 0 Å². The van der Waals surface area contributed by atoms with Crippen molar-refractivity contribution in [2.75, 3.05) is 7.11 Å². The Morgan fingerprint density at radius 2 is 1.75 bits per heavy atom. The van der Waals surface area contributed by atoms with Crippen LogP contribution >= 0.6 is 0 Å². The second-order valence-corrected chi connectivity index (χ2v) is 9.52. The molecule has 1 aliphatic rings. The lowest BCUT2D eigenvalue weighted by molar-refractivity contribution is -0.140. The predicted octanol–water partition coefficient (Wildman–Crippen LogP) is 5.31. The summed E-state index contributed by atoms with van der Waals surface area (Å²) in [5, 5.41) is 21.5. The highest BCUT2D eigenvalue weighted by molar-refractivity contribution is 6.46. The number of ketones is 1. The number of phenolic OH excluding ortho intramolecular Hbond substituents is 1. The molecule has 0 bridgehead atoms. The molecule has 1 unspecified atom stereocenters. The molecule has 4 aromatic rings. The Morgan fingerprint density at radius 3 is 2.45 bits per heavy atom. The van der Waals surface area contributed by atoms with Gasteiger partial charge in [0.2, 0.25) is 0 Å². The number of nitrogens with zero attached hydrogens (tertiary/aromatic N) is 2. The highest BCUT2D eigenvalue weighted by Crippen LogP contribution is 2.42. The van der Waals surface area contributed by atoms with Crippen LogP contribution in [-0.2, 0) is 22.7 Å². The molecule has 1 aliphatic heterocycles. The Morgan fingerprint density at radius 1 is 0.975 bits per heavy atom. The third-order valence-corrected chi connectivity index (χ3v) is 6.75. The van der Waals surface area contributed by atoms with Gasteiger partial charge in [-0.2, -0.15) is 0 Å². The number of carbonyl (C=O) groups excluding carboxylic acids is 2. The van der Waals surface area contributed by atoms with Gasteiger partial charge >= 0.3 is 0 Å². The van der Waals surface area contributed by atoms with E-state index in [9.17, 15) is 19.8 Å². The van der Waals surface area contributed by atoms with Gasteiger partial charge in [0.05, 0.1) is 18.7 Å². The summed E-state index contributed by atoms with van der Waals surface area (Å²) in [5.74, 6) is -1.18. The number of amides is 1. The predicted molar refractivity (Wildman–Crippen MR) is 149 cm³/mol. The molecular formula is C32H28N2O6. The highest BCUT2D eigenvalue weighted by Gasteiger charge is 2.46. The third kappa shape index (κ3) is 5.37. The number of aryl methyl sites for hydroxylation is 1. The number of rotatable bonds is 8. The van der Waals surface area contributed by atoms with Crippen LogP contribution in [0.1, 0.15) is 33.9 Å². The summed E-state index contributed by atoms with van der Waals surface area (Å²) in [6, 6.07) is 21.9. The first-order chi connectivity index (χ1) is 19.4. The average molecular weight is 537 g/mol. The number of aromatic hydroxyl groups is 1. The van der Waals surface area contributed by atoms with Crippen LogP contribution < -0.4 is 9.47 Å². The molecule has 8 nitrogen and oxygen atoms in total. The van der Waals surface area contributed by atoms with Gasteiger partial charge in [-0.15, -0.1) is 0 Å². The maximum atomic E-state index is 13.3. The van der Waals surface area contributed by atoms with Gasteiger partial charge in [0.15, 0.2) is 11.5 Å². The van der Waals surface area contributed by atoms with E-state index in [1.165, 1.54) is 18.1 Å². The number of aliphatic hydroxyl groups excluding tert-OH is 1. The van der Waals surface area contributed by atoms with Gasteiger partial charge in [0, 0.05) is 24.5 Å². The van der Waals surface area contributed by atoms with E-state index in [4.69, 9.17) is 9.47 Å². The Hall–Kier alpha value is -5.11. The van der Waals surface area contributed by atoms with Crippen LogP contribution in [0.2, 0.25) is 0 Å². The van der Waals surface area contributed by atoms with E-state index < -0.39 is 17.7 Å². The summed E-state index contributed by atoms with van der Waals surface area (Å²) in [5.41, 5.74) is 3.69. The first kappa shape index (κ1) is 26.5. The van der Waals surface area contributed by atoms with Crippen LogP contribution in [0.4, 0.5) is 0 Å². The summed E-state index contributed by atoms with van der Waals surface area (Å²) < 4.78 is 11.2. The third-order valence-electron chi connectivity index (χ3n) is 6.75. The van der Waals surface area contributed by atoms with Crippen molar-refractivity contribution >= 4 is 17.4 Å². The minimum atomic E-state index is -0.924. The fourth-order valence-electron chi connectivity index (χ4n) is 4.78. The van der Waals surface area contributed by atoms with Crippen molar-refractivity contribution in [3.05, 3.63) is 125 Å². The molecular weight excluding hydrogens is 508 g/mol. The summed E-state index contributed by atoms with van der Waals surface area (Å²) in [6.07, 6.45) is 3.23. The molecule has 1 fully saturated rings. The standard InChI is InChI=1S/C32H28N2O6/c1-20-5-3-6-21(15-20)19-40-25-11-8-23(9-12-25)30(36)28-29(24-10-13-26(35)27(16-24)39-2)34(32(38)31(28)37)18-22-7-4-14-33-17-22/h3-17,29,35-36H,18-19H2,1-2H3. The summed E-state index contributed by atoms with van der Waals surface area (Å²) >= 11 is 0. The smallest absolute Gasteiger partial charge is 0.295 e. The van der Waals surface area contributed by atoms with Crippen LogP contribution in [0.15, 0.2) is 96.8 Å². The molecule has 1 atom stereocenters. The largest absolute Gasteiger partial charge is 0.507 e. The first-order valence-corrected chi connectivity index (χ1v) is 12.7. The Kier molecular flexibility index (Phi) is 7.50. The van der Waals surface area contributed by atoms with Crippen LogP contribution in [0.25, 0.3) is 5.76 Å². The Labute approximate surface area is 231 Å². The van der Waals surface area contributed by atoms with Crippen molar-refractivity contribution in [1.82, 2.24) is 9.88 Å². The van der Waals surface area contributed by atoms with E-state index in [2.05, 4.69) is 4.98 Å². The Balaban J connectivity index is 1.50. The summed E-state index contributed by atoms with van der Waals surface area (Å²) in [4.78, 5) is 32.1. The zero-order chi connectivity index (χ0) is 28.2.